The maximum absolute atomic E-state index is 13.1. The zero-order valence-corrected chi connectivity index (χ0v) is 17.5. The van der Waals surface area contributed by atoms with Crippen molar-refractivity contribution in [1.29, 1.82) is 0 Å². The Morgan fingerprint density at radius 1 is 1.19 bits per heavy atom. The van der Waals surface area contributed by atoms with Gasteiger partial charge in [0.2, 0.25) is 0 Å². The molecular formula is C23H20N2O5S. The van der Waals surface area contributed by atoms with Crippen LogP contribution in [0.2, 0.25) is 0 Å². The second-order valence-electron chi connectivity index (χ2n) is 6.88. The van der Waals surface area contributed by atoms with E-state index < -0.39 is 12.1 Å². The molecule has 1 N–H and O–H groups in total. The van der Waals surface area contributed by atoms with Crippen LogP contribution in [-0.4, -0.2) is 40.4 Å². The third-order valence-electron chi connectivity index (χ3n) is 4.75. The summed E-state index contributed by atoms with van der Waals surface area (Å²) < 4.78 is 11.7. The van der Waals surface area contributed by atoms with Gasteiger partial charge in [0.05, 0.1) is 30.9 Å². The van der Waals surface area contributed by atoms with Gasteiger partial charge in [0, 0.05) is 10.9 Å². The molecule has 0 aliphatic rings. The summed E-state index contributed by atoms with van der Waals surface area (Å²) >= 11 is 1.41. The normalized spacial score (nSPS) is 11.9. The Kier molecular flexibility index (Phi) is 6.11. The van der Waals surface area contributed by atoms with Crippen LogP contribution in [0, 0.1) is 0 Å². The molecule has 0 saturated carbocycles. The summed E-state index contributed by atoms with van der Waals surface area (Å²) in [7, 11) is 1.30. The van der Waals surface area contributed by atoms with E-state index in [0.29, 0.717) is 21.5 Å². The van der Waals surface area contributed by atoms with Gasteiger partial charge in [-0.15, -0.1) is 11.3 Å². The number of methoxy groups -OCH3 is 1. The molecule has 0 saturated heterocycles. The summed E-state index contributed by atoms with van der Waals surface area (Å²) in [6.07, 6.45) is 0.495. The lowest BCUT2D eigenvalue weighted by Gasteiger charge is -2.14. The van der Waals surface area contributed by atoms with Crippen molar-refractivity contribution in [3.63, 3.8) is 0 Å². The molecule has 1 atom stereocenters. The number of ether oxygens (including phenoxy) is 2. The van der Waals surface area contributed by atoms with Crippen molar-refractivity contribution in [2.75, 3.05) is 13.7 Å². The Bertz CT molecular complexity index is 1270. The highest BCUT2D eigenvalue weighted by atomic mass is 32.1. The molecule has 2 aromatic heterocycles. The lowest BCUT2D eigenvalue weighted by molar-refractivity contribution is 0.0599. The molecule has 0 fully saturated rings. The lowest BCUT2D eigenvalue weighted by atomic mass is 10.1. The molecule has 0 radical (unpaired) electrons. The minimum absolute atomic E-state index is 0.0303. The van der Waals surface area contributed by atoms with Gasteiger partial charge in [0.15, 0.2) is 0 Å². The number of aliphatic hydroxyl groups excluding tert-OH is 1. The van der Waals surface area contributed by atoms with E-state index in [-0.39, 0.29) is 18.7 Å². The van der Waals surface area contributed by atoms with E-state index in [4.69, 9.17) is 9.47 Å². The summed E-state index contributed by atoms with van der Waals surface area (Å²) in [6, 6.07) is 16.2. The van der Waals surface area contributed by atoms with Crippen molar-refractivity contribution in [2.45, 2.75) is 12.6 Å². The minimum atomic E-state index is -0.947. The van der Waals surface area contributed by atoms with Crippen molar-refractivity contribution in [2.24, 2.45) is 0 Å². The average molecular weight is 436 g/mol. The Morgan fingerprint density at radius 3 is 2.77 bits per heavy atom. The van der Waals surface area contributed by atoms with E-state index in [1.165, 1.54) is 35.4 Å². The molecule has 31 heavy (non-hydrogen) atoms. The van der Waals surface area contributed by atoms with Crippen LogP contribution in [0.4, 0.5) is 0 Å². The van der Waals surface area contributed by atoms with Crippen LogP contribution in [0.1, 0.15) is 10.4 Å². The number of aliphatic hydroxyl groups is 1. The number of benzene rings is 2. The number of esters is 1. The molecule has 0 aliphatic carbocycles. The Hall–Kier alpha value is -3.49. The van der Waals surface area contributed by atoms with Crippen molar-refractivity contribution in [3.05, 3.63) is 82.2 Å². The Labute approximate surface area is 182 Å². The molecule has 158 valence electrons. The number of nitrogens with zero attached hydrogens (tertiary/aromatic N) is 2. The first-order valence-electron chi connectivity index (χ1n) is 9.58. The lowest BCUT2D eigenvalue weighted by Crippen LogP contribution is -2.30. The second-order valence-corrected chi connectivity index (χ2v) is 7.74. The Balaban J connectivity index is 1.50. The van der Waals surface area contributed by atoms with Crippen molar-refractivity contribution >= 4 is 27.5 Å². The van der Waals surface area contributed by atoms with Crippen LogP contribution in [0.5, 0.6) is 5.75 Å². The van der Waals surface area contributed by atoms with Gasteiger partial charge in [-0.2, -0.15) is 0 Å². The molecule has 1 unspecified atom stereocenters. The molecule has 8 heteroatoms. The quantitative estimate of drug-likeness (QED) is 0.447. The number of carbonyl (C=O) groups is 1. The zero-order chi connectivity index (χ0) is 21.8. The standard InChI is InChI=1S/C23H20N2O5S/c1-29-23(28)16-8-5-9-18(10-16)30-12-17(26)11-25-14-24-21-20(22(25)27)19(13-31-21)15-6-3-2-4-7-15/h2-10,13-14,17,26H,11-12H2,1H3. The van der Waals surface area contributed by atoms with Gasteiger partial charge >= 0.3 is 5.97 Å². The molecular weight excluding hydrogens is 416 g/mol. The van der Waals surface area contributed by atoms with Crippen LogP contribution in [0.3, 0.4) is 0 Å². The first-order valence-corrected chi connectivity index (χ1v) is 10.5. The summed E-state index contributed by atoms with van der Waals surface area (Å²) in [5.41, 5.74) is 1.92. The SMILES string of the molecule is COC(=O)c1cccc(OCC(O)Cn2cnc3scc(-c4ccccc4)c3c2=O)c1. The fourth-order valence-corrected chi connectivity index (χ4v) is 4.14. The van der Waals surface area contributed by atoms with E-state index in [9.17, 15) is 14.7 Å². The third kappa shape index (κ3) is 4.50. The van der Waals surface area contributed by atoms with E-state index in [2.05, 4.69) is 4.98 Å². The highest BCUT2D eigenvalue weighted by Gasteiger charge is 2.15. The topological polar surface area (TPSA) is 90.7 Å². The molecule has 4 rings (SSSR count). The van der Waals surface area contributed by atoms with Gasteiger partial charge in [-0.25, -0.2) is 9.78 Å². The molecule has 2 aromatic carbocycles. The first kappa shape index (κ1) is 20.8. The molecule has 7 nitrogen and oxygen atoms in total. The Morgan fingerprint density at radius 2 is 2.00 bits per heavy atom. The predicted molar refractivity (Wildman–Crippen MR) is 119 cm³/mol. The summed E-state index contributed by atoms with van der Waals surface area (Å²) in [5, 5.41) is 12.9. The van der Waals surface area contributed by atoms with Crippen LogP contribution in [0.15, 0.2) is 71.1 Å². The summed E-state index contributed by atoms with van der Waals surface area (Å²) in [5.74, 6) is -0.0472. The molecule has 0 aliphatic heterocycles. The van der Waals surface area contributed by atoms with Gasteiger partial charge in [0.25, 0.3) is 5.56 Å². The number of aromatic nitrogens is 2. The number of carbonyl (C=O) groups excluding carboxylic acids is 1. The number of hydrogen-bond acceptors (Lipinski definition) is 7. The van der Waals surface area contributed by atoms with Crippen LogP contribution in [0.25, 0.3) is 21.3 Å². The van der Waals surface area contributed by atoms with Crippen LogP contribution >= 0.6 is 11.3 Å². The number of hydrogen-bond donors (Lipinski definition) is 1. The van der Waals surface area contributed by atoms with E-state index >= 15 is 0 Å². The van der Waals surface area contributed by atoms with Gasteiger partial charge < -0.3 is 14.6 Å². The fraction of sp³-hybridized carbons (Fsp3) is 0.174. The van der Waals surface area contributed by atoms with Gasteiger partial charge in [-0.3, -0.25) is 9.36 Å². The minimum Gasteiger partial charge on any atom is -0.491 e. The van der Waals surface area contributed by atoms with Crippen molar-refractivity contribution in [3.8, 4) is 16.9 Å². The smallest absolute Gasteiger partial charge is 0.337 e. The van der Waals surface area contributed by atoms with E-state index in [1.54, 1.807) is 18.2 Å². The summed E-state index contributed by atoms with van der Waals surface area (Å²) in [4.78, 5) is 29.7. The van der Waals surface area contributed by atoms with Crippen LogP contribution in [-0.2, 0) is 11.3 Å². The molecule has 0 bridgehead atoms. The maximum Gasteiger partial charge on any atom is 0.337 e. The van der Waals surface area contributed by atoms with Gasteiger partial charge in [-0.05, 0) is 23.8 Å². The molecule has 0 spiro atoms. The summed E-state index contributed by atoms with van der Waals surface area (Å²) in [6.45, 7) is -0.0210. The predicted octanol–water partition coefficient (Wildman–Crippen LogP) is 3.35. The first-order chi connectivity index (χ1) is 15.1. The van der Waals surface area contributed by atoms with Crippen LogP contribution < -0.4 is 10.3 Å². The maximum atomic E-state index is 13.1. The van der Waals surface area contributed by atoms with E-state index in [0.717, 1.165) is 11.1 Å². The number of fused-ring (bicyclic) bond motifs is 1. The second kappa shape index (κ2) is 9.11. The average Bonchev–Trinajstić information content (AvgIpc) is 3.25. The highest BCUT2D eigenvalue weighted by Crippen LogP contribution is 2.30. The number of thiophene rings is 1. The zero-order valence-electron chi connectivity index (χ0n) is 16.7. The van der Waals surface area contributed by atoms with Gasteiger partial charge in [0.1, 0.15) is 23.3 Å². The molecule has 2 heterocycles. The monoisotopic (exact) mass is 436 g/mol. The number of rotatable bonds is 7. The molecule has 4 aromatic rings. The molecule has 0 amide bonds. The highest BCUT2D eigenvalue weighted by molar-refractivity contribution is 7.17. The van der Waals surface area contributed by atoms with E-state index in [1.807, 2.05) is 35.7 Å². The van der Waals surface area contributed by atoms with Gasteiger partial charge in [-0.1, -0.05) is 36.4 Å². The largest absolute Gasteiger partial charge is 0.491 e. The third-order valence-corrected chi connectivity index (χ3v) is 5.64. The fourth-order valence-electron chi connectivity index (χ4n) is 3.23. The van der Waals surface area contributed by atoms with Crippen molar-refractivity contribution < 1.29 is 19.4 Å². The van der Waals surface area contributed by atoms with Crippen molar-refractivity contribution in [1.82, 2.24) is 9.55 Å².